The maximum atomic E-state index is 11.8. The summed E-state index contributed by atoms with van der Waals surface area (Å²) in [6.45, 7) is 2.95. The number of hydrogen-bond donors (Lipinski definition) is 4. The Morgan fingerprint density at radius 3 is 2.81 bits per heavy atom. The minimum absolute atomic E-state index is 0.0462. The maximum Gasteiger partial charge on any atom is 0.339 e. The molecule has 7 nitrogen and oxygen atoms in total. The Morgan fingerprint density at radius 1 is 1.43 bits per heavy atom. The van der Waals surface area contributed by atoms with E-state index in [1.807, 2.05) is 6.92 Å². The molecule has 0 aromatic heterocycles. The van der Waals surface area contributed by atoms with Crippen molar-refractivity contribution < 1.29 is 24.5 Å². The van der Waals surface area contributed by atoms with Gasteiger partial charge in [0.05, 0.1) is 11.3 Å². The molecule has 1 unspecified atom stereocenters. The van der Waals surface area contributed by atoms with Crippen molar-refractivity contribution in [2.45, 2.75) is 25.4 Å². The van der Waals surface area contributed by atoms with Crippen LogP contribution in [-0.2, 0) is 4.74 Å². The van der Waals surface area contributed by atoms with Crippen LogP contribution in [0.2, 0.25) is 0 Å². The summed E-state index contributed by atoms with van der Waals surface area (Å²) in [7, 11) is 0. The second-order valence-corrected chi connectivity index (χ2v) is 5.22. The van der Waals surface area contributed by atoms with Crippen molar-refractivity contribution in [1.29, 1.82) is 0 Å². The van der Waals surface area contributed by atoms with Crippen molar-refractivity contribution in [2.24, 2.45) is 0 Å². The lowest BCUT2D eigenvalue weighted by molar-refractivity contribution is 0.0232. The molecule has 1 aliphatic rings. The fourth-order valence-electron chi connectivity index (χ4n) is 2.23. The number of ether oxygens (including phenoxy) is 1. The second-order valence-electron chi connectivity index (χ2n) is 5.22. The normalized spacial score (nSPS) is 21.0. The first-order valence-electron chi connectivity index (χ1n) is 6.65. The summed E-state index contributed by atoms with van der Waals surface area (Å²) in [4.78, 5) is 22.7. The Balaban J connectivity index is 1.97. The fraction of sp³-hybridized carbons (Fsp3) is 0.429. The first kappa shape index (κ1) is 15.1. The third-order valence-electron chi connectivity index (χ3n) is 3.44. The quantitative estimate of drug-likeness (QED) is 0.633. The van der Waals surface area contributed by atoms with Gasteiger partial charge in [-0.15, -0.1) is 0 Å². The number of amides is 2. The van der Waals surface area contributed by atoms with Crippen LogP contribution in [0.25, 0.3) is 0 Å². The van der Waals surface area contributed by atoms with E-state index in [4.69, 9.17) is 9.84 Å². The number of urea groups is 1. The van der Waals surface area contributed by atoms with Crippen molar-refractivity contribution >= 4 is 17.7 Å². The van der Waals surface area contributed by atoms with E-state index in [1.165, 1.54) is 18.2 Å². The topological polar surface area (TPSA) is 108 Å². The Morgan fingerprint density at radius 2 is 2.19 bits per heavy atom. The van der Waals surface area contributed by atoms with Crippen LogP contribution in [0.1, 0.15) is 30.1 Å². The zero-order valence-corrected chi connectivity index (χ0v) is 11.7. The summed E-state index contributed by atoms with van der Waals surface area (Å²) in [6.07, 6.45) is 1.83. The number of anilines is 1. The molecule has 2 rings (SSSR count). The van der Waals surface area contributed by atoms with Gasteiger partial charge in [0.15, 0.2) is 5.75 Å². The average Bonchev–Trinajstić information content (AvgIpc) is 2.86. The summed E-state index contributed by atoms with van der Waals surface area (Å²) in [5.41, 5.74) is -0.591. The number of aromatic hydroxyl groups is 1. The molecule has 0 saturated carbocycles. The number of carbonyl (C=O) groups is 2. The van der Waals surface area contributed by atoms with Gasteiger partial charge in [0, 0.05) is 13.2 Å². The van der Waals surface area contributed by atoms with Crippen molar-refractivity contribution in [3.05, 3.63) is 23.8 Å². The summed E-state index contributed by atoms with van der Waals surface area (Å²) >= 11 is 0. The Hall–Kier alpha value is -2.28. The first-order chi connectivity index (χ1) is 9.91. The zero-order valence-electron chi connectivity index (χ0n) is 11.7. The van der Waals surface area contributed by atoms with Crippen LogP contribution in [0.5, 0.6) is 5.75 Å². The van der Waals surface area contributed by atoms with Crippen molar-refractivity contribution in [2.75, 3.05) is 18.5 Å². The SMILES string of the molecule is CC1(CNC(=O)Nc2cccc(C(=O)O)c2O)CCCO1. The Bertz CT molecular complexity index is 552. The number of carboxylic acid groups (broad SMARTS) is 1. The standard InChI is InChI=1S/C14H18N2O5/c1-14(6-3-7-21-14)8-15-13(20)16-10-5-2-4-9(11(10)17)12(18)19/h2,4-5,17H,3,6-8H2,1H3,(H,18,19)(H2,15,16,20). The average molecular weight is 294 g/mol. The molecule has 7 heteroatoms. The fourth-order valence-corrected chi connectivity index (χ4v) is 2.23. The summed E-state index contributed by atoms with van der Waals surface area (Å²) in [6, 6.07) is 3.60. The Labute approximate surface area is 121 Å². The molecular formula is C14H18N2O5. The Kier molecular flexibility index (Phi) is 4.32. The van der Waals surface area contributed by atoms with Crippen LogP contribution in [0.15, 0.2) is 18.2 Å². The molecule has 0 aliphatic carbocycles. The van der Waals surface area contributed by atoms with Gasteiger partial charge in [0.25, 0.3) is 0 Å². The third-order valence-corrected chi connectivity index (χ3v) is 3.44. The summed E-state index contributed by atoms with van der Waals surface area (Å²) in [5.74, 6) is -1.73. The minimum atomic E-state index is -1.26. The van der Waals surface area contributed by atoms with Crippen molar-refractivity contribution in [3.8, 4) is 5.75 Å². The molecule has 0 bridgehead atoms. The summed E-state index contributed by atoms with van der Waals surface area (Å²) < 4.78 is 5.55. The number of para-hydroxylation sites is 1. The predicted molar refractivity (Wildman–Crippen MR) is 75.7 cm³/mol. The number of aromatic carboxylic acids is 1. The highest BCUT2D eigenvalue weighted by Gasteiger charge is 2.30. The molecule has 1 aliphatic heterocycles. The highest BCUT2D eigenvalue weighted by molar-refractivity contribution is 5.97. The molecule has 1 aromatic carbocycles. The lowest BCUT2D eigenvalue weighted by Crippen LogP contribution is -2.41. The third kappa shape index (κ3) is 3.63. The minimum Gasteiger partial charge on any atom is -0.505 e. The first-order valence-corrected chi connectivity index (χ1v) is 6.65. The smallest absolute Gasteiger partial charge is 0.339 e. The number of carboxylic acids is 1. The number of phenols is 1. The second kappa shape index (κ2) is 6.01. The van der Waals surface area contributed by atoms with E-state index in [1.54, 1.807) is 0 Å². The van der Waals surface area contributed by atoms with Crippen LogP contribution < -0.4 is 10.6 Å². The lowest BCUT2D eigenvalue weighted by Gasteiger charge is -2.23. The highest BCUT2D eigenvalue weighted by atomic mass is 16.5. The molecule has 1 saturated heterocycles. The lowest BCUT2D eigenvalue weighted by atomic mass is 10.0. The van der Waals surface area contributed by atoms with E-state index >= 15 is 0 Å². The predicted octanol–water partition coefficient (Wildman–Crippen LogP) is 1.78. The van der Waals surface area contributed by atoms with Crippen LogP contribution in [0.3, 0.4) is 0 Å². The van der Waals surface area contributed by atoms with Crippen LogP contribution in [0.4, 0.5) is 10.5 Å². The zero-order chi connectivity index (χ0) is 15.5. The number of hydrogen-bond acceptors (Lipinski definition) is 4. The molecule has 4 N–H and O–H groups in total. The number of carbonyl (C=O) groups excluding carboxylic acids is 1. The molecule has 1 aromatic rings. The van der Waals surface area contributed by atoms with Crippen molar-refractivity contribution in [1.82, 2.24) is 5.32 Å². The van der Waals surface area contributed by atoms with Gasteiger partial charge in [-0.3, -0.25) is 0 Å². The molecule has 2 amide bonds. The molecule has 114 valence electrons. The molecular weight excluding hydrogens is 276 g/mol. The van der Waals surface area contributed by atoms with Crippen LogP contribution in [0, 0.1) is 0 Å². The molecule has 1 fully saturated rings. The highest BCUT2D eigenvalue weighted by Crippen LogP contribution is 2.27. The van der Waals surface area contributed by atoms with Gasteiger partial charge >= 0.3 is 12.0 Å². The van der Waals surface area contributed by atoms with Crippen LogP contribution >= 0.6 is 0 Å². The van der Waals surface area contributed by atoms with E-state index in [2.05, 4.69) is 10.6 Å². The van der Waals surface area contributed by atoms with Gasteiger partial charge in [-0.05, 0) is 31.9 Å². The van der Waals surface area contributed by atoms with E-state index in [9.17, 15) is 14.7 Å². The van der Waals surface area contributed by atoms with Gasteiger partial charge in [-0.2, -0.15) is 0 Å². The van der Waals surface area contributed by atoms with Gasteiger partial charge in [-0.25, -0.2) is 9.59 Å². The molecule has 1 heterocycles. The molecule has 0 spiro atoms. The number of rotatable bonds is 4. The monoisotopic (exact) mass is 294 g/mol. The van der Waals surface area contributed by atoms with Gasteiger partial charge < -0.3 is 25.6 Å². The van der Waals surface area contributed by atoms with E-state index in [0.29, 0.717) is 13.2 Å². The van der Waals surface area contributed by atoms with E-state index < -0.39 is 17.7 Å². The largest absolute Gasteiger partial charge is 0.505 e. The van der Waals surface area contributed by atoms with Gasteiger partial charge in [-0.1, -0.05) is 6.07 Å². The maximum absolute atomic E-state index is 11.8. The molecule has 1 atom stereocenters. The van der Waals surface area contributed by atoms with E-state index in [0.717, 1.165) is 12.8 Å². The van der Waals surface area contributed by atoms with Gasteiger partial charge in [0.1, 0.15) is 5.56 Å². The van der Waals surface area contributed by atoms with E-state index in [-0.39, 0.29) is 16.9 Å². The van der Waals surface area contributed by atoms with Gasteiger partial charge in [0.2, 0.25) is 0 Å². The number of nitrogens with one attached hydrogen (secondary N) is 2. The van der Waals surface area contributed by atoms with Crippen molar-refractivity contribution in [3.63, 3.8) is 0 Å². The molecule has 21 heavy (non-hydrogen) atoms. The number of benzene rings is 1. The molecule has 0 radical (unpaired) electrons. The summed E-state index contributed by atoms with van der Waals surface area (Å²) in [5, 5.41) is 23.8. The van der Waals surface area contributed by atoms with Crippen LogP contribution in [-0.4, -0.2) is 41.0 Å².